The van der Waals surface area contributed by atoms with Crippen LogP contribution in [0.25, 0.3) is 0 Å². The van der Waals surface area contributed by atoms with Gasteiger partial charge in [0, 0.05) is 29.8 Å². The Hall–Kier alpha value is -1.94. The highest BCUT2D eigenvalue weighted by molar-refractivity contribution is 7.10. The van der Waals surface area contributed by atoms with Crippen molar-refractivity contribution in [3.8, 4) is 0 Å². The molecule has 1 amide bonds. The first-order valence-electron chi connectivity index (χ1n) is 9.20. The molecule has 25 heavy (non-hydrogen) atoms. The molecule has 1 aromatic heterocycles. The second-order valence-electron chi connectivity index (χ2n) is 7.02. The Morgan fingerprint density at radius 2 is 1.96 bits per heavy atom. The minimum absolute atomic E-state index is 0.0925. The maximum Gasteiger partial charge on any atom is 0.223 e. The maximum absolute atomic E-state index is 12.7. The SMILES string of the molecule is O=C(CCC(=O)N1CCCC1c1cccs1)c1ccc2c(c1)CCC2. The van der Waals surface area contributed by atoms with E-state index in [2.05, 4.69) is 17.5 Å². The minimum atomic E-state index is 0.0925. The standard InChI is InChI=1S/C21H23NO2S/c23-19(17-9-8-15-4-1-5-16(15)14-17)10-11-21(24)22-12-2-6-18(22)20-7-3-13-25-20/h3,7-9,13-14,18H,1-2,4-6,10-12H2. The largest absolute Gasteiger partial charge is 0.335 e. The molecule has 130 valence electrons. The van der Waals surface area contributed by atoms with Gasteiger partial charge in [0.25, 0.3) is 0 Å². The maximum atomic E-state index is 12.7. The number of likely N-dealkylation sites (tertiary alicyclic amines) is 1. The van der Waals surface area contributed by atoms with Gasteiger partial charge in [0.15, 0.2) is 5.78 Å². The predicted octanol–water partition coefficient (Wildman–Crippen LogP) is 4.56. The lowest BCUT2D eigenvalue weighted by Gasteiger charge is -2.23. The van der Waals surface area contributed by atoms with Gasteiger partial charge in [0.1, 0.15) is 0 Å². The summed E-state index contributed by atoms with van der Waals surface area (Å²) in [7, 11) is 0. The molecule has 1 aliphatic heterocycles. The van der Waals surface area contributed by atoms with Gasteiger partial charge in [0.2, 0.25) is 5.91 Å². The Balaban J connectivity index is 1.37. The molecule has 4 rings (SSSR count). The van der Waals surface area contributed by atoms with Crippen LogP contribution in [0.1, 0.15) is 64.5 Å². The van der Waals surface area contributed by atoms with Crippen LogP contribution in [0.2, 0.25) is 0 Å². The molecule has 2 aromatic rings. The molecule has 3 nitrogen and oxygen atoms in total. The van der Waals surface area contributed by atoms with E-state index in [1.807, 2.05) is 23.1 Å². The van der Waals surface area contributed by atoms with E-state index in [9.17, 15) is 9.59 Å². The number of benzene rings is 1. The highest BCUT2D eigenvalue weighted by Gasteiger charge is 2.30. The molecule has 0 bridgehead atoms. The van der Waals surface area contributed by atoms with Gasteiger partial charge < -0.3 is 4.90 Å². The summed E-state index contributed by atoms with van der Waals surface area (Å²) in [5, 5.41) is 2.06. The molecule has 2 aliphatic rings. The average molecular weight is 353 g/mol. The van der Waals surface area contributed by atoms with Crippen molar-refractivity contribution in [1.82, 2.24) is 4.90 Å². The van der Waals surface area contributed by atoms with E-state index in [0.717, 1.165) is 37.8 Å². The molecule has 0 radical (unpaired) electrons. The molecule has 1 aliphatic carbocycles. The van der Waals surface area contributed by atoms with Crippen molar-refractivity contribution in [3.63, 3.8) is 0 Å². The Bertz CT molecular complexity index is 781. The highest BCUT2D eigenvalue weighted by atomic mass is 32.1. The van der Waals surface area contributed by atoms with Gasteiger partial charge in [-0.1, -0.05) is 18.2 Å². The second kappa shape index (κ2) is 7.12. The van der Waals surface area contributed by atoms with Gasteiger partial charge in [-0.05, 0) is 60.7 Å². The zero-order chi connectivity index (χ0) is 17.2. The van der Waals surface area contributed by atoms with E-state index in [4.69, 9.17) is 0 Å². The summed E-state index contributed by atoms with van der Waals surface area (Å²) < 4.78 is 0. The van der Waals surface area contributed by atoms with E-state index in [1.54, 1.807) is 11.3 Å². The molecule has 2 heterocycles. The first kappa shape index (κ1) is 16.5. The van der Waals surface area contributed by atoms with Crippen LogP contribution in [0.5, 0.6) is 0 Å². The Morgan fingerprint density at radius 3 is 2.80 bits per heavy atom. The van der Waals surface area contributed by atoms with E-state index in [0.29, 0.717) is 12.8 Å². The number of amides is 1. The van der Waals surface area contributed by atoms with Crippen molar-refractivity contribution in [2.24, 2.45) is 0 Å². The van der Waals surface area contributed by atoms with E-state index in [1.165, 1.54) is 22.4 Å². The normalized spacial score (nSPS) is 19.2. The minimum Gasteiger partial charge on any atom is -0.335 e. The quantitative estimate of drug-likeness (QED) is 0.739. The van der Waals surface area contributed by atoms with Crippen LogP contribution in [0.3, 0.4) is 0 Å². The number of Topliss-reactive ketones (excluding diaryl/α,β-unsaturated/α-hetero) is 1. The van der Waals surface area contributed by atoms with Gasteiger partial charge in [-0.25, -0.2) is 0 Å². The third-order valence-corrected chi connectivity index (χ3v) is 6.40. The van der Waals surface area contributed by atoms with Crippen LogP contribution < -0.4 is 0 Å². The van der Waals surface area contributed by atoms with Crippen LogP contribution in [0.4, 0.5) is 0 Å². The summed E-state index contributed by atoms with van der Waals surface area (Å²) in [6, 6.07) is 10.4. The van der Waals surface area contributed by atoms with Crippen LogP contribution in [0.15, 0.2) is 35.7 Å². The van der Waals surface area contributed by atoms with Crippen molar-refractivity contribution >= 4 is 23.0 Å². The lowest BCUT2D eigenvalue weighted by Crippen LogP contribution is -2.30. The molecule has 1 unspecified atom stereocenters. The molecule has 1 saturated heterocycles. The van der Waals surface area contributed by atoms with Crippen LogP contribution in [-0.2, 0) is 17.6 Å². The fraction of sp³-hybridized carbons (Fsp3) is 0.429. The third kappa shape index (κ3) is 3.40. The fourth-order valence-corrected chi connectivity index (χ4v) is 4.97. The number of hydrogen-bond acceptors (Lipinski definition) is 3. The van der Waals surface area contributed by atoms with Crippen molar-refractivity contribution in [2.45, 2.75) is 51.0 Å². The lowest BCUT2D eigenvalue weighted by molar-refractivity contribution is -0.132. The topological polar surface area (TPSA) is 37.4 Å². The number of rotatable bonds is 5. The fourth-order valence-electron chi connectivity index (χ4n) is 4.10. The lowest BCUT2D eigenvalue weighted by atomic mass is 10.0. The van der Waals surface area contributed by atoms with Gasteiger partial charge in [-0.15, -0.1) is 11.3 Å². The van der Waals surface area contributed by atoms with Crippen molar-refractivity contribution < 1.29 is 9.59 Å². The number of ketones is 1. The third-order valence-electron chi connectivity index (χ3n) is 5.43. The molecule has 1 fully saturated rings. The van der Waals surface area contributed by atoms with Crippen molar-refractivity contribution in [1.29, 1.82) is 0 Å². The van der Waals surface area contributed by atoms with Crippen LogP contribution >= 0.6 is 11.3 Å². The molecule has 0 N–H and O–H groups in total. The predicted molar refractivity (Wildman–Crippen MR) is 100 cm³/mol. The van der Waals surface area contributed by atoms with Crippen molar-refractivity contribution in [2.75, 3.05) is 6.54 Å². The van der Waals surface area contributed by atoms with Gasteiger partial charge in [-0.3, -0.25) is 9.59 Å². The summed E-state index contributed by atoms with van der Waals surface area (Å²) in [5.74, 6) is 0.209. The smallest absolute Gasteiger partial charge is 0.223 e. The second-order valence-corrected chi connectivity index (χ2v) is 8.00. The Kier molecular flexibility index (Phi) is 4.71. The van der Waals surface area contributed by atoms with Crippen molar-refractivity contribution in [3.05, 3.63) is 57.3 Å². The Morgan fingerprint density at radius 1 is 1.08 bits per heavy atom. The molecule has 0 saturated carbocycles. The summed E-state index contributed by atoms with van der Waals surface area (Å²) >= 11 is 1.71. The number of aryl methyl sites for hydroxylation is 2. The molecule has 1 aromatic carbocycles. The first-order valence-corrected chi connectivity index (χ1v) is 10.1. The average Bonchev–Trinajstić information content (AvgIpc) is 3.38. The summed E-state index contributed by atoms with van der Waals surface area (Å²) in [5.41, 5.74) is 3.46. The monoisotopic (exact) mass is 353 g/mol. The van der Waals surface area contributed by atoms with E-state index < -0.39 is 0 Å². The molecule has 1 atom stereocenters. The number of nitrogens with zero attached hydrogens (tertiary/aromatic N) is 1. The molecular weight excluding hydrogens is 330 g/mol. The number of hydrogen-bond donors (Lipinski definition) is 0. The number of thiophene rings is 1. The van der Waals surface area contributed by atoms with Crippen LogP contribution in [-0.4, -0.2) is 23.1 Å². The molecule has 4 heteroatoms. The summed E-state index contributed by atoms with van der Waals surface area (Å²) in [4.78, 5) is 28.4. The van der Waals surface area contributed by atoms with E-state index in [-0.39, 0.29) is 17.7 Å². The van der Waals surface area contributed by atoms with Gasteiger partial charge in [-0.2, -0.15) is 0 Å². The number of carbonyl (C=O) groups excluding carboxylic acids is 2. The number of carbonyl (C=O) groups is 2. The molecule has 0 spiro atoms. The summed E-state index contributed by atoms with van der Waals surface area (Å²) in [6.07, 6.45) is 6.10. The van der Waals surface area contributed by atoms with Gasteiger partial charge >= 0.3 is 0 Å². The van der Waals surface area contributed by atoms with Gasteiger partial charge in [0.05, 0.1) is 6.04 Å². The molecular formula is C21H23NO2S. The number of fused-ring (bicyclic) bond motifs is 1. The Labute approximate surface area is 152 Å². The highest BCUT2D eigenvalue weighted by Crippen LogP contribution is 2.35. The van der Waals surface area contributed by atoms with Crippen LogP contribution in [0, 0.1) is 0 Å². The van der Waals surface area contributed by atoms with E-state index >= 15 is 0 Å². The zero-order valence-corrected chi connectivity index (χ0v) is 15.2. The first-order chi connectivity index (χ1) is 12.2. The zero-order valence-electron chi connectivity index (χ0n) is 14.4. The summed E-state index contributed by atoms with van der Waals surface area (Å²) in [6.45, 7) is 0.814.